The van der Waals surface area contributed by atoms with Gasteiger partial charge >= 0.3 is 0 Å². The van der Waals surface area contributed by atoms with Gasteiger partial charge in [0.2, 0.25) is 5.89 Å². The Hall–Kier alpha value is -1.69. The molecule has 3 rings (SSSR count). The van der Waals surface area contributed by atoms with Crippen LogP contribution in [0.25, 0.3) is 0 Å². The van der Waals surface area contributed by atoms with E-state index in [1.807, 2.05) is 6.92 Å². The molecule has 1 fully saturated rings. The molecule has 1 saturated carbocycles. The fourth-order valence-corrected chi connectivity index (χ4v) is 2.86. The minimum Gasteiger partial charge on any atom is -0.364 e. The predicted molar refractivity (Wildman–Crippen MR) is 76.6 cm³/mol. The van der Waals surface area contributed by atoms with E-state index in [0.717, 1.165) is 29.9 Å². The third-order valence-electron chi connectivity index (χ3n) is 4.26. The second kappa shape index (κ2) is 5.60. The lowest BCUT2D eigenvalue weighted by Crippen LogP contribution is -2.40. The first-order valence-corrected chi connectivity index (χ1v) is 7.60. The lowest BCUT2D eigenvalue weighted by molar-refractivity contribution is 0.291. The first kappa shape index (κ1) is 14.3. The van der Waals surface area contributed by atoms with Crippen LogP contribution in [0.1, 0.15) is 68.4 Å². The summed E-state index contributed by atoms with van der Waals surface area (Å²) < 4.78 is 10.4. The minimum absolute atomic E-state index is 0.192. The van der Waals surface area contributed by atoms with Crippen molar-refractivity contribution in [2.75, 3.05) is 0 Å². The van der Waals surface area contributed by atoms with E-state index in [2.05, 4.69) is 34.5 Å². The normalized spacial score (nSPS) is 17.7. The van der Waals surface area contributed by atoms with Crippen molar-refractivity contribution < 1.29 is 9.05 Å². The Morgan fingerprint density at radius 3 is 2.62 bits per heavy atom. The van der Waals surface area contributed by atoms with Crippen LogP contribution < -0.4 is 5.32 Å². The van der Waals surface area contributed by atoms with Gasteiger partial charge in [-0.1, -0.05) is 37.0 Å². The van der Waals surface area contributed by atoms with Gasteiger partial charge in [-0.05, 0) is 19.8 Å². The second-order valence-electron chi connectivity index (χ2n) is 6.20. The Morgan fingerprint density at radius 2 is 2.05 bits per heavy atom. The third kappa shape index (κ3) is 2.72. The average molecular weight is 290 g/mol. The molecular weight excluding hydrogens is 268 g/mol. The van der Waals surface area contributed by atoms with Gasteiger partial charge in [0.25, 0.3) is 0 Å². The smallest absolute Gasteiger partial charge is 0.229 e. The van der Waals surface area contributed by atoms with Crippen LogP contribution in [0, 0.1) is 6.92 Å². The average Bonchev–Trinajstić information content (AvgIpc) is 3.17. The maximum absolute atomic E-state index is 5.39. The summed E-state index contributed by atoms with van der Waals surface area (Å²) in [7, 11) is 0. The van der Waals surface area contributed by atoms with Crippen LogP contribution >= 0.6 is 0 Å². The number of nitrogens with zero attached hydrogens (tertiary/aromatic N) is 3. The Morgan fingerprint density at radius 1 is 1.29 bits per heavy atom. The van der Waals surface area contributed by atoms with Gasteiger partial charge in [-0.15, -0.1) is 0 Å². The molecule has 6 heteroatoms. The van der Waals surface area contributed by atoms with E-state index in [0.29, 0.717) is 12.4 Å². The predicted octanol–water partition coefficient (Wildman–Crippen LogP) is 3.05. The summed E-state index contributed by atoms with van der Waals surface area (Å²) in [5.74, 6) is 1.74. The van der Waals surface area contributed by atoms with Crippen LogP contribution in [0.2, 0.25) is 0 Å². The van der Waals surface area contributed by atoms with E-state index in [9.17, 15) is 0 Å². The Bertz CT molecular complexity index is 596. The number of aryl methyl sites for hydroxylation is 1. The summed E-state index contributed by atoms with van der Waals surface area (Å²) in [6.07, 6.45) is 6.08. The number of hydrogen-bond donors (Lipinski definition) is 1. The standard InChI is InChI=1S/C15H22N4O2/c1-10(2)13-17-14(19-21-13)15(6-4-5-7-15)16-8-12-11(3)9-20-18-12/h9-10,16H,4-8H2,1-3H3. The van der Waals surface area contributed by atoms with Crippen molar-refractivity contribution in [2.45, 2.75) is 64.5 Å². The van der Waals surface area contributed by atoms with Crippen molar-refractivity contribution in [3.63, 3.8) is 0 Å². The molecular formula is C15H22N4O2. The molecule has 114 valence electrons. The number of hydrogen-bond acceptors (Lipinski definition) is 6. The Balaban J connectivity index is 1.80. The summed E-state index contributed by atoms with van der Waals surface area (Å²) in [4.78, 5) is 4.60. The van der Waals surface area contributed by atoms with Gasteiger partial charge in [-0.2, -0.15) is 4.98 Å². The Labute approximate surface area is 124 Å². The van der Waals surface area contributed by atoms with Crippen molar-refractivity contribution in [3.8, 4) is 0 Å². The summed E-state index contributed by atoms with van der Waals surface area (Å²) >= 11 is 0. The van der Waals surface area contributed by atoms with Crippen LogP contribution in [0.5, 0.6) is 0 Å². The summed E-state index contributed by atoms with van der Waals surface area (Å²) in [6, 6.07) is 0. The molecule has 0 aliphatic heterocycles. The second-order valence-corrected chi connectivity index (χ2v) is 6.20. The van der Waals surface area contributed by atoms with Gasteiger partial charge in [-0.3, -0.25) is 5.32 Å². The zero-order valence-corrected chi connectivity index (χ0v) is 12.8. The molecule has 1 N–H and O–H groups in total. The zero-order chi connectivity index (χ0) is 14.9. The van der Waals surface area contributed by atoms with E-state index in [4.69, 9.17) is 9.05 Å². The fraction of sp³-hybridized carbons (Fsp3) is 0.667. The molecule has 1 aliphatic carbocycles. The van der Waals surface area contributed by atoms with E-state index < -0.39 is 0 Å². The molecule has 2 aromatic heterocycles. The highest BCUT2D eigenvalue weighted by atomic mass is 16.5. The number of nitrogens with one attached hydrogen (secondary N) is 1. The SMILES string of the molecule is Cc1conc1CNC1(c2noc(C(C)C)n2)CCCC1. The lowest BCUT2D eigenvalue weighted by atomic mass is 9.96. The van der Waals surface area contributed by atoms with E-state index >= 15 is 0 Å². The number of aromatic nitrogens is 3. The van der Waals surface area contributed by atoms with E-state index in [1.54, 1.807) is 6.26 Å². The van der Waals surface area contributed by atoms with Gasteiger partial charge in [0.05, 0.1) is 5.54 Å². The van der Waals surface area contributed by atoms with Crippen molar-refractivity contribution >= 4 is 0 Å². The molecule has 6 nitrogen and oxygen atoms in total. The lowest BCUT2D eigenvalue weighted by Gasteiger charge is -2.26. The molecule has 0 saturated heterocycles. The van der Waals surface area contributed by atoms with Crippen molar-refractivity contribution in [1.29, 1.82) is 0 Å². The minimum atomic E-state index is -0.192. The molecule has 1 aliphatic rings. The van der Waals surface area contributed by atoms with Gasteiger partial charge in [-0.25, -0.2) is 0 Å². The Kier molecular flexibility index (Phi) is 3.80. The molecule has 0 spiro atoms. The molecule has 0 unspecified atom stereocenters. The molecule has 21 heavy (non-hydrogen) atoms. The highest BCUT2D eigenvalue weighted by molar-refractivity contribution is 5.14. The maximum Gasteiger partial charge on any atom is 0.229 e. The van der Waals surface area contributed by atoms with Crippen LogP contribution in [-0.2, 0) is 12.1 Å². The van der Waals surface area contributed by atoms with Gasteiger partial charge in [0, 0.05) is 18.0 Å². The third-order valence-corrected chi connectivity index (χ3v) is 4.26. The van der Waals surface area contributed by atoms with E-state index in [-0.39, 0.29) is 11.5 Å². The van der Waals surface area contributed by atoms with Gasteiger partial charge < -0.3 is 9.05 Å². The van der Waals surface area contributed by atoms with Gasteiger partial charge in [0.1, 0.15) is 12.0 Å². The summed E-state index contributed by atoms with van der Waals surface area (Å²) in [5, 5.41) is 11.9. The van der Waals surface area contributed by atoms with Crippen molar-refractivity contribution in [2.24, 2.45) is 0 Å². The van der Waals surface area contributed by atoms with Crippen LogP contribution in [0.15, 0.2) is 15.3 Å². The molecule has 0 radical (unpaired) electrons. The molecule has 0 bridgehead atoms. The largest absolute Gasteiger partial charge is 0.364 e. The molecule has 2 aromatic rings. The summed E-state index contributed by atoms with van der Waals surface area (Å²) in [6.45, 7) is 6.78. The van der Waals surface area contributed by atoms with Crippen molar-refractivity contribution in [1.82, 2.24) is 20.6 Å². The van der Waals surface area contributed by atoms with E-state index in [1.165, 1.54) is 12.8 Å². The fourth-order valence-electron chi connectivity index (χ4n) is 2.86. The van der Waals surface area contributed by atoms with Gasteiger partial charge in [0.15, 0.2) is 5.82 Å². The molecule has 0 atom stereocenters. The summed E-state index contributed by atoms with van der Waals surface area (Å²) in [5.41, 5.74) is 1.81. The number of rotatable bonds is 5. The highest BCUT2D eigenvalue weighted by Gasteiger charge is 2.40. The molecule has 2 heterocycles. The highest BCUT2D eigenvalue weighted by Crippen LogP contribution is 2.38. The molecule has 0 aromatic carbocycles. The topological polar surface area (TPSA) is 77.0 Å². The maximum atomic E-state index is 5.39. The monoisotopic (exact) mass is 290 g/mol. The first-order chi connectivity index (χ1) is 10.1. The quantitative estimate of drug-likeness (QED) is 0.912. The zero-order valence-electron chi connectivity index (χ0n) is 12.8. The van der Waals surface area contributed by atoms with Crippen LogP contribution in [-0.4, -0.2) is 15.3 Å². The van der Waals surface area contributed by atoms with Crippen LogP contribution in [0.4, 0.5) is 0 Å². The molecule has 0 amide bonds. The first-order valence-electron chi connectivity index (χ1n) is 7.60. The van der Waals surface area contributed by atoms with Crippen LogP contribution in [0.3, 0.4) is 0 Å². The van der Waals surface area contributed by atoms with Crippen molar-refractivity contribution in [3.05, 3.63) is 29.2 Å².